The van der Waals surface area contributed by atoms with E-state index >= 15 is 0 Å². The van der Waals surface area contributed by atoms with Crippen LogP contribution in [0.5, 0.6) is 0 Å². The monoisotopic (exact) mass is 247 g/mol. The summed E-state index contributed by atoms with van der Waals surface area (Å²) >= 11 is 0. The molecule has 18 heavy (non-hydrogen) atoms. The number of hydrogen-bond acceptors (Lipinski definition) is 2. The first-order chi connectivity index (χ1) is 8.79. The van der Waals surface area contributed by atoms with Gasteiger partial charge in [-0.1, -0.05) is 18.4 Å². The minimum atomic E-state index is -0.167. The van der Waals surface area contributed by atoms with Gasteiger partial charge < -0.3 is 10.1 Å². The van der Waals surface area contributed by atoms with Gasteiger partial charge in [-0.2, -0.15) is 0 Å². The van der Waals surface area contributed by atoms with E-state index in [-0.39, 0.29) is 5.82 Å². The summed E-state index contributed by atoms with van der Waals surface area (Å²) in [6.07, 6.45) is 4.30. The lowest BCUT2D eigenvalue weighted by molar-refractivity contribution is 0.254. The van der Waals surface area contributed by atoms with Crippen LogP contribution >= 0.6 is 0 Å². The Morgan fingerprint density at radius 1 is 1.50 bits per heavy atom. The maximum absolute atomic E-state index is 13.3. The quantitative estimate of drug-likeness (QED) is 0.474. The van der Waals surface area contributed by atoms with E-state index < -0.39 is 0 Å². The van der Waals surface area contributed by atoms with Crippen molar-refractivity contribution in [3.8, 4) is 0 Å². The molecule has 2 nitrogen and oxygen atoms in total. The lowest BCUT2D eigenvalue weighted by Gasteiger charge is -2.28. The summed E-state index contributed by atoms with van der Waals surface area (Å²) in [4.78, 5) is 0. The zero-order chi connectivity index (χ0) is 12.8. The second-order valence-corrected chi connectivity index (χ2v) is 4.50. The molecule has 96 valence electrons. The van der Waals surface area contributed by atoms with Crippen molar-refractivity contribution < 1.29 is 9.13 Å². The van der Waals surface area contributed by atoms with Gasteiger partial charge in [0.2, 0.25) is 0 Å². The number of benzene rings is 1. The molecule has 0 radical (unpaired) electrons. The molecule has 0 unspecified atom stereocenters. The molecule has 1 heterocycles. The number of halogens is 1. The van der Waals surface area contributed by atoms with Crippen molar-refractivity contribution in [3.05, 3.63) is 53.7 Å². The van der Waals surface area contributed by atoms with Crippen LogP contribution in [-0.2, 0) is 17.6 Å². The molecule has 0 spiro atoms. The van der Waals surface area contributed by atoms with Crippen molar-refractivity contribution in [1.29, 1.82) is 0 Å². The minimum Gasteiger partial charge on any atom is -0.493 e. The van der Waals surface area contributed by atoms with Crippen LogP contribution in [0.3, 0.4) is 0 Å². The van der Waals surface area contributed by atoms with Gasteiger partial charge >= 0.3 is 0 Å². The zero-order valence-corrected chi connectivity index (χ0v) is 10.4. The Labute approximate surface area is 107 Å². The van der Waals surface area contributed by atoms with Crippen molar-refractivity contribution in [3.63, 3.8) is 0 Å². The van der Waals surface area contributed by atoms with Gasteiger partial charge in [0.15, 0.2) is 0 Å². The summed E-state index contributed by atoms with van der Waals surface area (Å²) in [5.74, 6) is -0.167. The van der Waals surface area contributed by atoms with E-state index in [0.717, 1.165) is 30.5 Å². The fourth-order valence-electron chi connectivity index (χ4n) is 2.10. The van der Waals surface area contributed by atoms with Crippen LogP contribution in [0.15, 0.2) is 36.8 Å². The Balaban J connectivity index is 1.99. The average molecular weight is 247 g/mol. The summed E-state index contributed by atoms with van der Waals surface area (Å²) in [5, 5.41) is 3.34. The summed E-state index contributed by atoms with van der Waals surface area (Å²) in [5.41, 5.74) is 4.80. The highest BCUT2D eigenvalue weighted by Crippen LogP contribution is 2.17. The Hall–Kier alpha value is -1.57. The van der Waals surface area contributed by atoms with Crippen LogP contribution in [0.2, 0.25) is 0 Å². The van der Waals surface area contributed by atoms with E-state index in [1.54, 1.807) is 6.07 Å². The Kier molecular flexibility index (Phi) is 4.57. The minimum absolute atomic E-state index is 0.167. The van der Waals surface area contributed by atoms with Gasteiger partial charge in [-0.3, -0.25) is 0 Å². The van der Waals surface area contributed by atoms with Gasteiger partial charge in [-0.25, -0.2) is 4.39 Å². The molecule has 0 saturated carbocycles. The molecule has 1 saturated heterocycles. The first-order valence-corrected chi connectivity index (χ1v) is 6.26. The van der Waals surface area contributed by atoms with E-state index in [9.17, 15) is 4.39 Å². The van der Waals surface area contributed by atoms with Crippen LogP contribution in [-0.4, -0.2) is 19.2 Å². The number of hydrogen-bond donors (Lipinski definition) is 1. The first kappa shape index (κ1) is 12.9. The van der Waals surface area contributed by atoms with Gasteiger partial charge in [0.05, 0.1) is 6.61 Å². The number of ether oxygens (including phenoxy) is 1. The standard InChI is InChI=1S/C15H18FNO/c1-2-8-18-9-6-12-3-4-14(16)10-13(12)11-15-5-7-17-15/h3-4,8,10,15,17H,1,5-7,9,11H2/t15-/m1/s1. The molecule has 1 fully saturated rings. The lowest BCUT2D eigenvalue weighted by atomic mass is 9.94. The second kappa shape index (κ2) is 6.39. The van der Waals surface area contributed by atoms with Crippen molar-refractivity contribution in [2.75, 3.05) is 13.2 Å². The average Bonchev–Trinajstić information content (AvgIpc) is 2.31. The first-order valence-electron chi connectivity index (χ1n) is 6.26. The largest absolute Gasteiger partial charge is 0.493 e. The van der Waals surface area contributed by atoms with Crippen LogP contribution < -0.4 is 5.32 Å². The molecule has 2 rings (SSSR count). The van der Waals surface area contributed by atoms with E-state index in [2.05, 4.69) is 17.6 Å². The van der Waals surface area contributed by atoms with Gasteiger partial charge in [0.25, 0.3) is 0 Å². The lowest BCUT2D eigenvalue weighted by Crippen LogP contribution is -2.44. The molecular formula is C15H18FNO. The molecule has 0 aliphatic carbocycles. The van der Waals surface area contributed by atoms with Gasteiger partial charge in [0.1, 0.15) is 12.1 Å². The second-order valence-electron chi connectivity index (χ2n) is 4.50. The third kappa shape index (κ3) is 3.46. The van der Waals surface area contributed by atoms with Crippen LogP contribution in [0.1, 0.15) is 17.5 Å². The molecule has 0 amide bonds. The highest BCUT2D eigenvalue weighted by Gasteiger charge is 2.18. The highest BCUT2D eigenvalue weighted by molar-refractivity contribution is 5.29. The number of nitrogens with one attached hydrogen (secondary N) is 1. The van der Waals surface area contributed by atoms with Crippen molar-refractivity contribution >= 4 is 0 Å². The molecule has 1 aromatic carbocycles. The smallest absolute Gasteiger partial charge is 0.124 e. The zero-order valence-electron chi connectivity index (χ0n) is 10.4. The molecular weight excluding hydrogens is 229 g/mol. The maximum Gasteiger partial charge on any atom is 0.124 e. The van der Waals surface area contributed by atoms with Crippen molar-refractivity contribution in [1.82, 2.24) is 5.32 Å². The van der Waals surface area contributed by atoms with E-state index in [1.165, 1.54) is 18.7 Å². The predicted molar refractivity (Wildman–Crippen MR) is 69.9 cm³/mol. The fourth-order valence-corrected chi connectivity index (χ4v) is 2.10. The highest BCUT2D eigenvalue weighted by atomic mass is 19.1. The third-order valence-corrected chi connectivity index (χ3v) is 3.22. The summed E-state index contributed by atoms with van der Waals surface area (Å²) in [7, 11) is 0. The Morgan fingerprint density at radius 2 is 2.33 bits per heavy atom. The van der Waals surface area contributed by atoms with E-state index in [1.807, 2.05) is 6.07 Å². The molecule has 0 bridgehead atoms. The topological polar surface area (TPSA) is 21.3 Å². The molecule has 3 heteroatoms. The third-order valence-electron chi connectivity index (χ3n) is 3.22. The summed E-state index contributed by atoms with van der Waals surface area (Å²) < 4.78 is 18.5. The Bertz CT molecular complexity index is 448. The fraction of sp³-hybridized carbons (Fsp3) is 0.400. The van der Waals surface area contributed by atoms with Crippen LogP contribution in [0.25, 0.3) is 0 Å². The van der Waals surface area contributed by atoms with E-state index in [4.69, 9.17) is 4.74 Å². The normalized spacial score (nSPS) is 17.7. The summed E-state index contributed by atoms with van der Waals surface area (Å²) in [6.45, 7) is 5.07. The Morgan fingerprint density at radius 3 is 3.00 bits per heavy atom. The van der Waals surface area contributed by atoms with Crippen molar-refractivity contribution in [2.24, 2.45) is 0 Å². The molecule has 0 aromatic heterocycles. The molecule has 1 N–H and O–H groups in total. The molecule has 1 aromatic rings. The van der Waals surface area contributed by atoms with Gasteiger partial charge in [0, 0.05) is 12.5 Å². The van der Waals surface area contributed by atoms with Gasteiger partial charge in [-0.05, 0) is 42.6 Å². The SMILES string of the molecule is C=C=COCCc1ccc(F)cc1C[C@H]1CCN1. The molecule has 1 aliphatic rings. The van der Waals surface area contributed by atoms with Crippen LogP contribution in [0.4, 0.5) is 4.39 Å². The number of rotatable bonds is 6. The van der Waals surface area contributed by atoms with Crippen molar-refractivity contribution in [2.45, 2.75) is 25.3 Å². The van der Waals surface area contributed by atoms with E-state index in [0.29, 0.717) is 12.6 Å². The summed E-state index contributed by atoms with van der Waals surface area (Å²) in [6, 6.07) is 5.50. The van der Waals surface area contributed by atoms with Gasteiger partial charge in [-0.15, -0.1) is 0 Å². The molecule has 1 atom stereocenters. The van der Waals surface area contributed by atoms with Crippen LogP contribution in [0, 0.1) is 5.82 Å². The maximum atomic E-state index is 13.3. The molecule has 1 aliphatic heterocycles. The predicted octanol–water partition coefficient (Wildman–Crippen LogP) is 2.59.